The Morgan fingerprint density at radius 3 is 1.05 bits per heavy atom. The molecule has 3 heterocycles. The summed E-state index contributed by atoms with van der Waals surface area (Å²) >= 11 is 0. The molecule has 0 aliphatic rings. The number of para-hydroxylation sites is 4. The van der Waals surface area contributed by atoms with Gasteiger partial charge in [-0.1, -0.05) is 164 Å². The van der Waals surface area contributed by atoms with Gasteiger partial charge in [0.25, 0.3) is 0 Å². The molecule has 0 spiro atoms. The molecule has 62 heavy (non-hydrogen) atoms. The maximum absolute atomic E-state index is 5.31. The molecule has 0 atom stereocenters. The van der Waals surface area contributed by atoms with E-state index in [-0.39, 0.29) is 0 Å². The minimum Gasteiger partial charge on any atom is -0.309 e. The van der Waals surface area contributed by atoms with Gasteiger partial charge in [-0.05, 0) is 82.9 Å². The smallest absolute Gasteiger partial charge is 0.164 e. The van der Waals surface area contributed by atoms with Crippen molar-refractivity contribution in [2.45, 2.75) is 0 Å². The second-order valence-corrected chi connectivity index (χ2v) is 15.7. The summed E-state index contributed by atoms with van der Waals surface area (Å²) in [5, 5.41) is 4.75. The van der Waals surface area contributed by atoms with Crippen LogP contribution in [-0.4, -0.2) is 24.1 Å². The number of aromatic nitrogens is 5. The molecule has 0 fully saturated rings. The van der Waals surface area contributed by atoms with Crippen LogP contribution in [0.2, 0.25) is 0 Å². The Morgan fingerprint density at radius 1 is 0.226 bits per heavy atom. The van der Waals surface area contributed by atoms with Crippen LogP contribution >= 0.6 is 0 Å². The van der Waals surface area contributed by atoms with Crippen LogP contribution in [-0.2, 0) is 0 Å². The first-order chi connectivity index (χ1) is 30.7. The Labute approximate surface area is 358 Å². The topological polar surface area (TPSA) is 48.5 Å². The third-order valence-corrected chi connectivity index (χ3v) is 12.0. The Balaban J connectivity index is 1.06. The standard InChI is InChI=1S/C57H37N5/c1-4-16-38(17-5-1)39-18-14-19-40(34-39)41-20-15-21-42(35-41)55-58-56(43-30-32-49-47-26-10-12-28-51(47)61(53(49)36-43)45-22-6-2-7-23-45)60-57(59-55)44-31-33-50-48-27-11-13-29-52(48)62(54(50)37-44)46-24-8-3-9-25-46/h1-37H. The van der Waals surface area contributed by atoms with Gasteiger partial charge in [0.05, 0.1) is 22.1 Å². The highest BCUT2D eigenvalue weighted by Crippen LogP contribution is 2.38. The summed E-state index contributed by atoms with van der Waals surface area (Å²) < 4.78 is 4.67. The molecule has 12 rings (SSSR count). The van der Waals surface area contributed by atoms with E-state index in [0.29, 0.717) is 17.5 Å². The average molecular weight is 792 g/mol. The molecule has 0 unspecified atom stereocenters. The average Bonchev–Trinajstić information content (AvgIpc) is 3.87. The van der Waals surface area contributed by atoms with Crippen molar-refractivity contribution in [2.24, 2.45) is 0 Å². The van der Waals surface area contributed by atoms with E-state index in [1.165, 1.54) is 32.7 Å². The molecule has 12 aromatic rings. The zero-order valence-corrected chi connectivity index (χ0v) is 33.6. The molecule has 0 amide bonds. The normalized spacial score (nSPS) is 11.5. The molecule has 0 saturated heterocycles. The van der Waals surface area contributed by atoms with Crippen LogP contribution in [0.25, 0.3) is 111 Å². The minimum absolute atomic E-state index is 0.608. The fourth-order valence-corrected chi connectivity index (χ4v) is 9.04. The summed E-state index contributed by atoms with van der Waals surface area (Å²) in [6.45, 7) is 0. The predicted molar refractivity (Wildman–Crippen MR) is 256 cm³/mol. The van der Waals surface area contributed by atoms with Gasteiger partial charge in [-0.25, -0.2) is 15.0 Å². The van der Waals surface area contributed by atoms with E-state index in [1.807, 2.05) is 0 Å². The highest BCUT2D eigenvalue weighted by atomic mass is 15.0. The van der Waals surface area contributed by atoms with E-state index in [2.05, 4.69) is 234 Å². The van der Waals surface area contributed by atoms with Gasteiger partial charge in [0.15, 0.2) is 17.5 Å². The molecule has 5 nitrogen and oxygen atoms in total. The number of fused-ring (bicyclic) bond motifs is 6. The third-order valence-electron chi connectivity index (χ3n) is 12.0. The largest absolute Gasteiger partial charge is 0.309 e. The lowest BCUT2D eigenvalue weighted by Gasteiger charge is -2.12. The van der Waals surface area contributed by atoms with Crippen LogP contribution in [0.15, 0.2) is 224 Å². The fraction of sp³-hybridized carbons (Fsp3) is 0. The first-order valence-corrected chi connectivity index (χ1v) is 20.9. The number of rotatable bonds is 7. The van der Waals surface area contributed by atoms with Crippen molar-refractivity contribution < 1.29 is 0 Å². The van der Waals surface area contributed by atoms with E-state index >= 15 is 0 Å². The van der Waals surface area contributed by atoms with Crippen LogP contribution in [0.5, 0.6) is 0 Å². The van der Waals surface area contributed by atoms with Gasteiger partial charge in [0.1, 0.15) is 0 Å². The predicted octanol–water partition coefficient (Wildman–Crippen LogP) is 14.4. The van der Waals surface area contributed by atoms with Gasteiger partial charge in [0.2, 0.25) is 0 Å². The summed E-state index contributed by atoms with van der Waals surface area (Å²) in [7, 11) is 0. The van der Waals surface area contributed by atoms with Crippen molar-refractivity contribution in [3.63, 3.8) is 0 Å². The summed E-state index contributed by atoms with van der Waals surface area (Å²) in [6.07, 6.45) is 0. The van der Waals surface area contributed by atoms with E-state index in [9.17, 15) is 0 Å². The van der Waals surface area contributed by atoms with Gasteiger partial charge in [0, 0.05) is 49.6 Å². The number of nitrogens with zero attached hydrogens (tertiary/aromatic N) is 5. The molecule has 9 aromatic carbocycles. The van der Waals surface area contributed by atoms with Crippen molar-refractivity contribution in [1.82, 2.24) is 24.1 Å². The maximum Gasteiger partial charge on any atom is 0.164 e. The lowest BCUT2D eigenvalue weighted by Crippen LogP contribution is -2.01. The molecule has 0 radical (unpaired) electrons. The Morgan fingerprint density at radius 2 is 0.565 bits per heavy atom. The van der Waals surface area contributed by atoms with Crippen LogP contribution in [0, 0.1) is 0 Å². The van der Waals surface area contributed by atoms with Crippen molar-refractivity contribution in [3.05, 3.63) is 224 Å². The SMILES string of the molecule is c1ccc(-c2cccc(-c3cccc(-c4nc(-c5ccc6c7ccccc7n(-c7ccccc7)c6c5)nc(-c5ccc6c7ccccc7n(-c7ccccc7)c6c5)n4)c3)c2)cc1. The molecule has 0 bridgehead atoms. The minimum atomic E-state index is 0.608. The van der Waals surface area contributed by atoms with Crippen LogP contribution in [0.4, 0.5) is 0 Å². The van der Waals surface area contributed by atoms with E-state index in [1.54, 1.807) is 0 Å². The summed E-state index contributed by atoms with van der Waals surface area (Å²) in [5.74, 6) is 1.83. The zero-order valence-electron chi connectivity index (χ0n) is 33.6. The van der Waals surface area contributed by atoms with E-state index in [4.69, 9.17) is 15.0 Å². The van der Waals surface area contributed by atoms with Crippen molar-refractivity contribution in [1.29, 1.82) is 0 Å². The lowest BCUT2D eigenvalue weighted by atomic mass is 9.98. The molecule has 0 saturated carbocycles. The number of benzene rings is 9. The van der Waals surface area contributed by atoms with Gasteiger partial charge >= 0.3 is 0 Å². The molecular weight excluding hydrogens is 755 g/mol. The van der Waals surface area contributed by atoms with Crippen LogP contribution in [0.3, 0.4) is 0 Å². The number of hydrogen-bond acceptors (Lipinski definition) is 3. The summed E-state index contributed by atoms with van der Waals surface area (Å²) in [5.41, 5.74) is 14.0. The second kappa shape index (κ2) is 14.7. The van der Waals surface area contributed by atoms with Crippen molar-refractivity contribution >= 4 is 43.6 Å². The highest BCUT2D eigenvalue weighted by molar-refractivity contribution is 6.11. The van der Waals surface area contributed by atoms with Gasteiger partial charge in [-0.2, -0.15) is 0 Å². The quantitative estimate of drug-likeness (QED) is 0.162. The lowest BCUT2D eigenvalue weighted by molar-refractivity contribution is 1.07. The molecule has 0 N–H and O–H groups in total. The Bertz CT molecular complexity index is 3450. The molecule has 0 aliphatic heterocycles. The first-order valence-electron chi connectivity index (χ1n) is 20.9. The van der Waals surface area contributed by atoms with Gasteiger partial charge in [-0.15, -0.1) is 0 Å². The summed E-state index contributed by atoms with van der Waals surface area (Å²) in [4.78, 5) is 15.9. The molecule has 0 aliphatic carbocycles. The van der Waals surface area contributed by atoms with E-state index in [0.717, 1.165) is 61.3 Å². The molecule has 3 aromatic heterocycles. The molecule has 290 valence electrons. The zero-order chi connectivity index (χ0) is 41.0. The third kappa shape index (κ3) is 6.06. The second-order valence-electron chi connectivity index (χ2n) is 15.7. The highest BCUT2D eigenvalue weighted by Gasteiger charge is 2.19. The van der Waals surface area contributed by atoms with E-state index < -0.39 is 0 Å². The molecule has 5 heteroatoms. The van der Waals surface area contributed by atoms with Crippen LogP contribution < -0.4 is 0 Å². The first kappa shape index (κ1) is 35.5. The fourth-order valence-electron chi connectivity index (χ4n) is 9.04. The maximum atomic E-state index is 5.31. The molecular formula is C57H37N5. The van der Waals surface area contributed by atoms with Crippen molar-refractivity contribution in [2.75, 3.05) is 0 Å². The Hall–Kier alpha value is -8.41. The monoisotopic (exact) mass is 791 g/mol. The Kier molecular flexibility index (Phi) is 8.42. The van der Waals surface area contributed by atoms with Crippen LogP contribution in [0.1, 0.15) is 0 Å². The van der Waals surface area contributed by atoms with Gasteiger partial charge < -0.3 is 9.13 Å². The van der Waals surface area contributed by atoms with Gasteiger partial charge in [-0.3, -0.25) is 0 Å². The van der Waals surface area contributed by atoms with Crippen molar-refractivity contribution in [3.8, 4) is 67.8 Å². The summed E-state index contributed by atoms with van der Waals surface area (Å²) in [6, 6.07) is 79.2. The number of hydrogen-bond donors (Lipinski definition) is 0.